The molecule has 1 aromatic rings. The Kier molecular flexibility index (Phi) is 36.8. The van der Waals surface area contributed by atoms with Gasteiger partial charge in [-0.1, -0.05) is 153 Å². The van der Waals surface area contributed by atoms with Gasteiger partial charge in [-0.25, -0.2) is 12.5 Å². The second kappa shape index (κ2) is 38.2. The van der Waals surface area contributed by atoms with E-state index in [0.29, 0.717) is 19.3 Å². The molecule has 18 heteroatoms. The molecule has 0 aliphatic heterocycles. The quantitative estimate of drug-likeness (QED) is 0.0413. The molecule has 0 aliphatic carbocycles. The number of unbranched alkanes of at least 4 members (excludes halogenated alkanes) is 24. The predicted molar refractivity (Wildman–Crippen MR) is 252 cm³/mol. The van der Waals surface area contributed by atoms with Crippen molar-refractivity contribution >= 4 is 66.5 Å². The van der Waals surface area contributed by atoms with E-state index >= 15 is 0 Å². The summed E-state index contributed by atoms with van der Waals surface area (Å²) in [5.74, 6) is 6.68. The van der Waals surface area contributed by atoms with Crippen molar-refractivity contribution in [3.8, 4) is 0 Å². The third-order valence-corrected chi connectivity index (χ3v) is 14.7. The van der Waals surface area contributed by atoms with Crippen molar-refractivity contribution in [2.75, 3.05) is 37.1 Å². The topological polar surface area (TPSA) is 191 Å². The van der Waals surface area contributed by atoms with Gasteiger partial charge in [-0.3, -0.25) is 13.7 Å². The van der Waals surface area contributed by atoms with Gasteiger partial charge < -0.3 is 0 Å². The molecular weight excluding hydrogens is 889 g/mol. The average molecular weight is 967 g/mol. The van der Waals surface area contributed by atoms with Crippen LogP contribution in [0.3, 0.4) is 0 Å². The van der Waals surface area contributed by atoms with E-state index in [1.54, 1.807) is 0 Å². The van der Waals surface area contributed by atoms with Gasteiger partial charge in [-0.15, -0.1) is 0 Å². The molecule has 0 spiro atoms. The van der Waals surface area contributed by atoms with E-state index in [1.165, 1.54) is 130 Å². The van der Waals surface area contributed by atoms with Gasteiger partial charge in [0.2, 0.25) is 0 Å². The normalized spacial score (nSPS) is 12.4. The molecule has 0 atom stereocenters. The fourth-order valence-electron chi connectivity index (χ4n) is 6.78. The summed E-state index contributed by atoms with van der Waals surface area (Å²) in [7, 11) is -13.0. The van der Waals surface area contributed by atoms with Crippen molar-refractivity contribution in [2.45, 2.75) is 191 Å². The van der Waals surface area contributed by atoms with Crippen molar-refractivity contribution < 1.29 is 51.5 Å². The lowest BCUT2D eigenvalue weighted by atomic mass is 10.1. The van der Waals surface area contributed by atoms with E-state index in [0.717, 1.165) is 75.0 Å². The molecule has 0 unspecified atom stereocenters. The van der Waals surface area contributed by atoms with Crippen LogP contribution in [0.4, 0.5) is 0 Å². The first-order chi connectivity index (χ1) is 28.7. The molecule has 354 valence electrons. The number of rotatable bonds is 45. The summed E-state index contributed by atoms with van der Waals surface area (Å²) in [6.07, 6.45) is 29.8. The number of thioether (sulfide) groups is 3. The minimum absolute atomic E-state index is 0.0499. The third-order valence-electron chi connectivity index (χ3n) is 9.91. The fourth-order valence-corrected chi connectivity index (χ4v) is 10.6. The maximum Gasteiger partial charge on any atom is 0.397 e. The standard InChI is InChI=1S/C42H78O12S6/c43-58(44,45)52-28-22-16-10-4-1-7-13-19-25-31-55-37-40-34-41(38-56-32-26-20-14-8-2-5-11-17-23-29-53-59(46,47)48)36-42(35-40)39-57-33-27-21-15-9-3-6-12-18-24-30-54-60(49,50)51/h34-36H,1-33,37-39H2,(H,43,44,45)(H,46,47,48)(H,49,50,51). The van der Waals surface area contributed by atoms with Gasteiger partial charge >= 0.3 is 31.2 Å². The molecule has 0 heterocycles. The van der Waals surface area contributed by atoms with Crippen molar-refractivity contribution in [2.24, 2.45) is 0 Å². The lowest BCUT2D eigenvalue weighted by molar-refractivity contribution is 0.260. The Hall–Kier alpha value is -0.120. The molecule has 3 N–H and O–H groups in total. The molecule has 1 rings (SSSR count). The molecule has 0 radical (unpaired) electrons. The fraction of sp³-hybridized carbons (Fsp3) is 0.857. The van der Waals surface area contributed by atoms with Gasteiger partial charge in [-0.2, -0.15) is 60.5 Å². The summed E-state index contributed by atoms with van der Waals surface area (Å²) in [6, 6.07) is 7.27. The summed E-state index contributed by atoms with van der Waals surface area (Å²) >= 11 is 6.13. The van der Waals surface area contributed by atoms with E-state index in [1.807, 2.05) is 35.3 Å². The molecule has 0 saturated heterocycles. The molecule has 12 nitrogen and oxygen atoms in total. The van der Waals surface area contributed by atoms with Crippen molar-refractivity contribution in [1.82, 2.24) is 0 Å². The molecular formula is C42H78O12S6. The van der Waals surface area contributed by atoms with E-state index in [-0.39, 0.29) is 19.8 Å². The molecule has 1 aromatic carbocycles. The Balaban J connectivity index is 2.31. The number of hydrogen-bond acceptors (Lipinski definition) is 12. The second-order valence-corrected chi connectivity index (χ2v) is 22.2. The van der Waals surface area contributed by atoms with Crippen LogP contribution in [-0.4, -0.2) is 76.0 Å². The van der Waals surface area contributed by atoms with Gasteiger partial charge in [0.25, 0.3) is 0 Å². The van der Waals surface area contributed by atoms with Crippen LogP contribution in [0.15, 0.2) is 18.2 Å². The second-order valence-electron chi connectivity index (χ2n) is 15.6. The maximum absolute atomic E-state index is 10.6. The Bertz CT molecular complexity index is 1310. The zero-order valence-electron chi connectivity index (χ0n) is 36.2. The summed E-state index contributed by atoms with van der Waals surface area (Å²) in [5, 5.41) is 0. The zero-order chi connectivity index (χ0) is 44.1. The van der Waals surface area contributed by atoms with Crippen molar-refractivity contribution in [1.29, 1.82) is 0 Å². The van der Waals surface area contributed by atoms with E-state index in [9.17, 15) is 25.3 Å². The Morgan fingerprint density at radius 1 is 0.317 bits per heavy atom. The van der Waals surface area contributed by atoms with Crippen LogP contribution in [0.5, 0.6) is 0 Å². The van der Waals surface area contributed by atoms with Gasteiger partial charge in [0.1, 0.15) is 0 Å². The van der Waals surface area contributed by atoms with Crippen molar-refractivity contribution in [3.05, 3.63) is 34.9 Å². The summed E-state index contributed by atoms with van der Waals surface area (Å²) in [6.45, 7) is 0.150. The molecule has 0 saturated carbocycles. The van der Waals surface area contributed by atoms with E-state index in [4.69, 9.17) is 13.7 Å². The SMILES string of the molecule is O=S(=O)(O)OCCCCCCCCCCCSCc1cc(CSCCCCCCCCCCCOS(=O)(=O)O)cc(CSCCCCCCCCCCCOS(=O)(=O)O)c1. The molecule has 0 aliphatic rings. The lowest BCUT2D eigenvalue weighted by Crippen LogP contribution is -2.04. The Labute approximate surface area is 378 Å². The van der Waals surface area contributed by atoms with Crippen LogP contribution < -0.4 is 0 Å². The largest absolute Gasteiger partial charge is 0.397 e. The maximum atomic E-state index is 10.6. The Morgan fingerprint density at radius 3 is 0.700 bits per heavy atom. The smallest absolute Gasteiger partial charge is 0.264 e. The van der Waals surface area contributed by atoms with Crippen LogP contribution >= 0.6 is 35.3 Å². The lowest BCUT2D eigenvalue weighted by Gasteiger charge is -2.11. The number of hydrogen-bond donors (Lipinski definition) is 3. The summed E-state index contributed by atoms with van der Waals surface area (Å²) in [5.41, 5.74) is 4.31. The highest BCUT2D eigenvalue weighted by atomic mass is 32.3. The van der Waals surface area contributed by atoms with E-state index < -0.39 is 31.2 Å². The summed E-state index contributed by atoms with van der Waals surface area (Å²) in [4.78, 5) is 0. The first kappa shape index (κ1) is 57.9. The predicted octanol–water partition coefficient (Wildman–Crippen LogP) is 12.4. The third kappa shape index (κ3) is 43.1. The molecule has 60 heavy (non-hydrogen) atoms. The van der Waals surface area contributed by atoms with Crippen LogP contribution in [0, 0.1) is 0 Å². The molecule has 0 bridgehead atoms. The minimum Gasteiger partial charge on any atom is -0.264 e. The van der Waals surface area contributed by atoms with Crippen LogP contribution in [0.2, 0.25) is 0 Å². The van der Waals surface area contributed by atoms with Crippen LogP contribution in [0.1, 0.15) is 190 Å². The minimum atomic E-state index is -4.32. The molecule has 0 amide bonds. The summed E-state index contributed by atoms with van der Waals surface area (Å²) < 4.78 is 102. The van der Waals surface area contributed by atoms with Gasteiger partial charge in [-0.05, 0) is 72.5 Å². The monoisotopic (exact) mass is 966 g/mol. The Morgan fingerprint density at radius 2 is 0.500 bits per heavy atom. The first-order valence-corrected chi connectivity index (χ1v) is 30.0. The van der Waals surface area contributed by atoms with Crippen molar-refractivity contribution in [3.63, 3.8) is 0 Å². The van der Waals surface area contributed by atoms with Gasteiger partial charge in [0.05, 0.1) is 19.8 Å². The zero-order valence-corrected chi connectivity index (χ0v) is 41.1. The molecule has 0 fully saturated rings. The highest BCUT2D eigenvalue weighted by Gasteiger charge is 2.07. The first-order valence-electron chi connectivity index (χ1n) is 22.4. The van der Waals surface area contributed by atoms with Gasteiger partial charge in [0.15, 0.2) is 0 Å². The average Bonchev–Trinajstić information content (AvgIpc) is 3.17. The molecule has 0 aromatic heterocycles. The highest BCUT2D eigenvalue weighted by molar-refractivity contribution is 7.99. The number of benzene rings is 1. The van der Waals surface area contributed by atoms with E-state index in [2.05, 4.69) is 30.7 Å². The van der Waals surface area contributed by atoms with Crippen LogP contribution in [-0.2, 0) is 61.0 Å². The highest BCUT2D eigenvalue weighted by Crippen LogP contribution is 2.25. The van der Waals surface area contributed by atoms with Crippen LogP contribution in [0.25, 0.3) is 0 Å². The van der Waals surface area contributed by atoms with Gasteiger partial charge in [0, 0.05) is 17.3 Å².